The Morgan fingerprint density at radius 1 is 1.35 bits per heavy atom. The van der Waals surface area contributed by atoms with Crippen LogP contribution in [0.3, 0.4) is 0 Å². The molecule has 2 N–H and O–H groups in total. The average molecular weight is 335 g/mol. The molecular formula is C17H18FNO3S. The third-order valence-electron chi connectivity index (χ3n) is 3.95. The third-order valence-corrected chi connectivity index (χ3v) is 4.99. The van der Waals surface area contributed by atoms with Crippen LogP contribution in [-0.2, 0) is 10.4 Å². The standard InChI is InChI=1S/C17H18FNO3S/c18-13-4-1-2-5-14(13)22-10-16(20)19-11-17(21,12-7-8-12)15-6-3-9-23-15/h1-6,9,12,21H,7-8,10-11H2,(H,19,20). The van der Waals surface area contributed by atoms with Crippen molar-refractivity contribution in [2.24, 2.45) is 5.92 Å². The van der Waals surface area contributed by atoms with Crippen LogP contribution in [0.4, 0.5) is 4.39 Å². The predicted octanol–water partition coefficient (Wildman–Crippen LogP) is 2.68. The maximum atomic E-state index is 13.4. The molecule has 0 saturated heterocycles. The lowest BCUT2D eigenvalue weighted by Gasteiger charge is -2.27. The minimum absolute atomic E-state index is 0.0401. The zero-order valence-electron chi connectivity index (χ0n) is 12.5. The molecule has 122 valence electrons. The van der Waals surface area contributed by atoms with Crippen LogP contribution in [0.15, 0.2) is 41.8 Å². The first-order chi connectivity index (χ1) is 11.1. The fourth-order valence-corrected chi connectivity index (χ4v) is 3.41. The van der Waals surface area contributed by atoms with E-state index in [-0.39, 0.29) is 30.7 Å². The molecule has 1 saturated carbocycles. The Kier molecular flexibility index (Phi) is 4.63. The van der Waals surface area contributed by atoms with Crippen LogP contribution in [0.5, 0.6) is 5.75 Å². The maximum absolute atomic E-state index is 13.4. The highest BCUT2D eigenvalue weighted by molar-refractivity contribution is 7.10. The van der Waals surface area contributed by atoms with Gasteiger partial charge in [0.15, 0.2) is 18.2 Å². The van der Waals surface area contributed by atoms with Gasteiger partial charge in [0.2, 0.25) is 0 Å². The fourth-order valence-electron chi connectivity index (χ4n) is 2.51. The highest BCUT2D eigenvalue weighted by Gasteiger charge is 2.45. The van der Waals surface area contributed by atoms with Gasteiger partial charge in [-0.2, -0.15) is 0 Å². The van der Waals surface area contributed by atoms with Gasteiger partial charge in [-0.05, 0) is 42.3 Å². The van der Waals surface area contributed by atoms with E-state index in [2.05, 4.69) is 5.32 Å². The minimum Gasteiger partial charge on any atom is -0.481 e. The van der Waals surface area contributed by atoms with E-state index >= 15 is 0 Å². The van der Waals surface area contributed by atoms with Crippen LogP contribution in [0.2, 0.25) is 0 Å². The summed E-state index contributed by atoms with van der Waals surface area (Å²) in [7, 11) is 0. The average Bonchev–Trinajstić information content (AvgIpc) is 3.27. The van der Waals surface area contributed by atoms with Crippen molar-refractivity contribution in [2.45, 2.75) is 18.4 Å². The van der Waals surface area contributed by atoms with Gasteiger partial charge >= 0.3 is 0 Å². The number of amides is 1. The Hall–Kier alpha value is -1.92. The molecule has 23 heavy (non-hydrogen) atoms. The molecule has 1 atom stereocenters. The number of hydrogen-bond donors (Lipinski definition) is 2. The van der Waals surface area contributed by atoms with Crippen molar-refractivity contribution in [3.8, 4) is 5.75 Å². The quantitative estimate of drug-likeness (QED) is 0.818. The lowest BCUT2D eigenvalue weighted by molar-refractivity contribution is -0.124. The number of para-hydroxylation sites is 1. The SMILES string of the molecule is O=C(COc1ccccc1F)NCC(O)(c1cccs1)C1CC1. The highest BCUT2D eigenvalue weighted by Crippen LogP contribution is 2.46. The van der Waals surface area contributed by atoms with Crippen molar-refractivity contribution < 1.29 is 19.0 Å². The Morgan fingerprint density at radius 3 is 2.78 bits per heavy atom. The molecule has 0 spiro atoms. The molecular weight excluding hydrogens is 317 g/mol. The molecule has 1 fully saturated rings. The van der Waals surface area contributed by atoms with E-state index in [1.165, 1.54) is 23.5 Å². The monoisotopic (exact) mass is 335 g/mol. The Bertz CT molecular complexity index is 672. The number of thiophene rings is 1. The summed E-state index contributed by atoms with van der Waals surface area (Å²) in [6, 6.07) is 9.70. The molecule has 2 aromatic rings. The van der Waals surface area contributed by atoms with Crippen LogP contribution in [0, 0.1) is 11.7 Å². The van der Waals surface area contributed by atoms with Crippen molar-refractivity contribution in [3.05, 3.63) is 52.5 Å². The van der Waals surface area contributed by atoms with Crippen molar-refractivity contribution in [1.29, 1.82) is 0 Å². The summed E-state index contributed by atoms with van der Waals surface area (Å²) in [5, 5.41) is 15.5. The first kappa shape index (κ1) is 16.0. The number of ether oxygens (including phenoxy) is 1. The van der Waals surface area contributed by atoms with E-state index in [9.17, 15) is 14.3 Å². The Balaban J connectivity index is 1.55. The molecule has 0 radical (unpaired) electrons. The highest BCUT2D eigenvalue weighted by atomic mass is 32.1. The molecule has 1 unspecified atom stereocenters. The summed E-state index contributed by atoms with van der Waals surface area (Å²) in [5.41, 5.74) is -1.03. The molecule has 1 aromatic heterocycles. The van der Waals surface area contributed by atoms with Gasteiger partial charge in [0.05, 0.1) is 6.54 Å². The maximum Gasteiger partial charge on any atom is 0.258 e. The molecule has 1 aromatic carbocycles. The normalized spacial score (nSPS) is 16.6. The summed E-state index contributed by atoms with van der Waals surface area (Å²) < 4.78 is 18.6. The molecule has 6 heteroatoms. The summed E-state index contributed by atoms with van der Waals surface area (Å²) in [5.74, 6) is -0.676. The van der Waals surface area contributed by atoms with E-state index in [1.54, 1.807) is 12.1 Å². The summed E-state index contributed by atoms with van der Waals surface area (Å²) in [4.78, 5) is 12.8. The summed E-state index contributed by atoms with van der Waals surface area (Å²) in [6.07, 6.45) is 1.91. The molecule has 1 aliphatic rings. The van der Waals surface area contributed by atoms with Gasteiger partial charge in [-0.25, -0.2) is 4.39 Å². The largest absolute Gasteiger partial charge is 0.481 e. The first-order valence-electron chi connectivity index (χ1n) is 7.50. The molecule has 1 amide bonds. The van der Waals surface area contributed by atoms with Crippen LogP contribution in [0.1, 0.15) is 17.7 Å². The molecule has 0 aliphatic heterocycles. The number of aliphatic hydroxyl groups is 1. The number of carbonyl (C=O) groups excluding carboxylic acids is 1. The zero-order valence-corrected chi connectivity index (χ0v) is 13.3. The summed E-state index contributed by atoms with van der Waals surface area (Å²) in [6.45, 7) is -0.149. The van der Waals surface area contributed by atoms with E-state index in [0.717, 1.165) is 17.7 Å². The number of rotatable bonds is 7. The van der Waals surface area contributed by atoms with Crippen LogP contribution in [0.25, 0.3) is 0 Å². The van der Waals surface area contributed by atoms with Crippen LogP contribution >= 0.6 is 11.3 Å². The van der Waals surface area contributed by atoms with Gasteiger partial charge in [0, 0.05) is 4.88 Å². The fraction of sp³-hybridized carbons (Fsp3) is 0.353. The molecule has 4 nitrogen and oxygen atoms in total. The molecule has 0 bridgehead atoms. The van der Waals surface area contributed by atoms with Gasteiger partial charge in [0.25, 0.3) is 5.91 Å². The van der Waals surface area contributed by atoms with Gasteiger partial charge in [-0.1, -0.05) is 18.2 Å². The predicted molar refractivity (Wildman–Crippen MR) is 85.8 cm³/mol. The second-order valence-corrected chi connectivity index (χ2v) is 6.62. The molecule has 1 aliphatic carbocycles. The van der Waals surface area contributed by atoms with Crippen molar-refractivity contribution in [1.82, 2.24) is 5.32 Å². The van der Waals surface area contributed by atoms with Crippen molar-refractivity contribution in [3.63, 3.8) is 0 Å². The van der Waals surface area contributed by atoms with Gasteiger partial charge in [-0.15, -0.1) is 11.3 Å². The van der Waals surface area contributed by atoms with E-state index in [4.69, 9.17) is 4.74 Å². The lowest BCUT2D eigenvalue weighted by Crippen LogP contribution is -2.43. The van der Waals surface area contributed by atoms with E-state index < -0.39 is 11.4 Å². The Morgan fingerprint density at radius 2 is 2.13 bits per heavy atom. The number of hydrogen-bond acceptors (Lipinski definition) is 4. The van der Waals surface area contributed by atoms with Crippen molar-refractivity contribution >= 4 is 17.2 Å². The second-order valence-electron chi connectivity index (χ2n) is 5.67. The number of halogens is 1. The van der Waals surface area contributed by atoms with Crippen LogP contribution < -0.4 is 10.1 Å². The van der Waals surface area contributed by atoms with Gasteiger partial charge < -0.3 is 15.2 Å². The first-order valence-corrected chi connectivity index (χ1v) is 8.38. The minimum atomic E-state index is -1.03. The van der Waals surface area contributed by atoms with Crippen LogP contribution in [-0.4, -0.2) is 24.2 Å². The van der Waals surface area contributed by atoms with Gasteiger partial charge in [0.1, 0.15) is 5.60 Å². The smallest absolute Gasteiger partial charge is 0.258 e. The lowest BCUT2D eigenvalue weighted by atomic mass is 9.95. The van der Waals surface area contributed by atoms with E-state index in [0.29, 0.717) is 0 Å². The number of carbonyl (C=O) groups is 1. The molecule has 1 heterocycles. The zero-order chi connectivity index (χ0) is 16.3. The molecule has 3 rings (SSSR count). The number of nitrogens with one attached hydrogen (secondary N) is 1. The van der Waals surface area contributed by atoms with Gasteiger partial charge in [-0.3, -0.25) is 4.79 Å². The van der Waals surface area contributed by atoms with E-state index in [1.807, 2.05) is 17.5 Å². The summed E-state index contributed by atoms with van der Waals surface area (Å²) >= 11 is 1.48. The number of benzene rings is 1. The second kappa shape index (κ2) is 6.68. The Labute approximate surface area is 137 Å². The topological polar surface area (TPSA) is 58.6 Å². The third kappa shape index (κ3) is 3.71. The van der Waals surface area contributed by atoms with Crippen molar-refractivity contribution in [2.75, 3.05) is 13.2 Å².